The number of carbonyl (C=O) groups is 1. The molecule has 0 saturated carbocycles. The van der Waals surface area contributed by atoms with E-state index in [1.165, 1.54) is 6.08 Å². The van der Waals surface area contributed by atoms with Crippen LogP contribution in [-0.2, 0) is 11.3 Å². The Hall–Kier alpha value is -2.66. The van der Waals surface area contributed by atoms with Crippen LogP contribution >= 0.6 is 15.9 Å². The number of pyridine rings is 1. The van der Waals surface area contributed by atoms with E-state index in [-0.39, 0.29) is 5.91 Å². The van der Waals surface area contributed by atoms with Gasteiger partial charge in [-0.3, -0.25) is 9.78 Å². The molecule has 0 unspecified atom stereocenters. The summed E-state index contributed by atoms with van der Waals surface area (Å²) >= 11 is 3.42. The molecule has 2 aromatic heterocycles. The molecule has 0 saturated heterocycles. The Kier molecular flexibility index (Phi) is 5.46. The summed E-state index contributed by atoms with van der Waals surface area (Å²) in [5.41, 5.74) is 1.63. The van der Waals surface area contributed by atoms with E-state index in [1.807, 2.05) is 61.5 Å². The van der Waals surface area contributed by atoms with Gasteiger partial charge in [0.15, 0.2) is 0 Å². The van der Waals surface area contributed by atoms with Crippen molar-refractivity contribution in [1.29, 1.82) is 0 Å². The molecular formula is C20H17BrN2O2. The van der Waals surface area contributed by atoms with Gasteiger partial charge in [-0.2, -0.15) is 0 Å². The molecule has 0 spiro atoms. The van der Waals surface area contributed by atoms with Crippen LogP contribution in [-0.4, -0.2) is 10.9 Å². The number of nitrogens with zero attached hydrogens (tertiary/aromatic N) is 2. The van der Waals surface area contributed by atoms with E-state index in [2.05, 4.69) is 20.9 Å². The summed E-state index contributed by atoms with van der Waals surface area (Å²) in [4.78, 5) is 18.8. The summed E-state index contributed by atoms with van der Waals surface area (Å²) in [5, 5.41) is 0. The Morgan fingerprint density at radius 1 is 1.16 bits per heavy atom. The van der Waals surface area contributed by atoms with Crippen LogP contribution in [0.4, 0.5) is 5.69 Å². The first kappa shape index (κ1) is 17.2. The van der Waals surface area contributed by atoms with E-state index < -0.39 is 0 Å². The average Bonchev–Trinajstić information content (AvgIpc) is 3.05. The predicted molar refractivity (Wildman–Crippen MR) is 102 cm³/mol. The van der Waals surface area contributed by atoms with Crippen LogP contribution in [0.1, 0.15) is 17.2 Å². The third-order valence-corrected chi connectivity index (χ3v) is 4.13. The molecule has 1 aromatic carbocycles. The largest absolute Gasteiger partial charge is 0.462 e. The maximum Gasteiger partial charge on any atom is 0.251 e. The van der Waals surface area contributed by atoms with Gasteiger partial charge in [0.05, 0.1) is 12.2 Å². The Balaban J connectivity index is 1.85. The van der Waals surface area contributed by atoms with Crippen LogP contribution in [0.25, 0.3) is 6.08 Å². The van der Waals surface area contributed by atoms with Gasteiger partial charge >= 0.3 is 0 Å². The van der Waals surface area contributed by atoms with Gasteiger partial charge in [-0.25, -0.2) is 0 Å². The second-order valence-corrected chi connectivity index (χ2v) is 6.42. The molecule has 0 radical (unpaired) electrons. The quantitative estimate of drug-likeness (QED) is 0.570. The number of aromatic nitrogens is 1. The molecule has 4 nitrogen and oxygen atoms in total. The standard InChI is InChI=1S/C20H17BrN2O2/c1-15-5-10-19(25-15)11-12-20(24)23(14-17-4-2-3-13-22-17)18-8-6-16(21)7-9-18/h2-13H,14H2,1H3/b12-11+. The van der Waals surface area contributed by atoms with Gasteiger partial charge in [0, 0.05) is 22.4 Å². The zero-order valence-corrected chi connectivity index (χ0v) is 15.3. The summed E-state index contributed by atoms with van der Waals surface area (Å²) in [6, 6.07) is 17.0. The first-order chi connectivity index (χ1) is 12.1. The van der Waals surface area contributed by atoms with E-state index in [0.29, 0.717) is 12.3 Å². The highest BCUT2D eigenvalue weighted by Gasteiger charge is 2.14. The second kappa shape index (κ2) is 7.94. The van der Waals surface area contributed by atoms with Gasteiger partial charge in [-0.05, 0) is 61.5 Å². The van der Waals surface area contributed by atoms with Crippen LogP contribution in [0, 0.1) is 6.92 Å². The van der Waals surface area contributed by atoms with Crippen molar-refractivity contribution in [2.45, 2.75) is 13.5 Å². The predicted octanol–water partition coefficient (Wildman–Crippen LogP) is 4.99. The zero-order valence-electron chi connectivity index (χ0n) is 13.7. The first-order valence-electron chi connectivity index (χ1n) is 7.83. The van der Waals surface area contributed by atoms with Gasteiger partial charge < -0.3 is 9.32 Å². The number of carbonyl (C=O) groups excluding carboxylic acids is 1. The third-order valence-electron chi connectivity index (χ3n) is 3.60. The molecule has 0 aliphatic rings. The number of anilines is 1. The number of benzene rings is 1. The highest BCUT2D eigenvalue weighted by Crippen LogP contribution is 2.21. The van der Waals surface area contributed by atoms with Crippen molar-refractivity contribution in [3.05, 3.63) is 88.6 Å². The SMILES string of the molecule is Cc1ccc(/C=C/C(=O)N(Cc2ccccn2)c2ccc(Br)cc2)o1. The van der Waals surface area contributed by atoms with E-state index >= 15 is 0 Å². The number of hydrogen-bond donors (Lipinski definition) is 0. The fourth-order valence-corrected chi connectivity index (χ4v) is 2.62. The molecule has 0 aliphatic heterocycles. The normalized spacial score (nSPS) is 11.0. The number of aryl methyl sites for hydroxylation is 1. The molecule has 3 rings (SSSR count). The lowest BCUT2D eigenvalue weighted by atomic mass is 10.2. The maximum absolute atomic E-state index is 12.8. The highest BCUT2D eigenvalue weighted by atomic mass is 79.9. The number of hydrogen-bond acceptors (Lipinski definition) is 3. The molecule has 126 valence electrons. The molecule has 0 N–H and O–H groups in total. The van der Waals surface area contributed by atoms with Crippen molar-refractivity contribution in [3.63, 3.8) is 0 Å². The number of halogens is 1. The van der Waals surface area contributed by atoms with Crippen molar-refractivity contribution in [3.8, 4) is 0 Å². The summed E-state index contributed by atoms with van der Waals surface area (Å²) in [7, 11) is 0. The average molecular weight is 397 g/mol. The van der Waals surface area contributed by atoms with Crippen molar-refractivity contribution >= 4 is 33.6 Å². The molecule has 5 heteroatoms. The minimum Gasteiger partial charge on any atom is -0.462 e. The summed E-state index contributed by atoms with van der Waals surface area (Å²) < 4.78 is 6.44. The van der Waals surface area contributed by atoms with Crippen LogP contribution in [0.2, 0.25) is 0 Å². The Bertz CT molecular complexity index is 870. The molecular weight excluding hydrogens is 380 g/mol. The van der Waals surface area contributed by atoms with E-state index in [0.717, 1.165) is 21.6 Å². The zero-order chi connectivity index (χ0) is 17.6. The van der Waals surface area contributed by atoms with Crippen molar-refractivity contribution in [2.75, 3.05) is 4.90 Å². The summed E-state index contributed by atoms with van der Waals surface area (Å²) in [6.07, 6.45) is 4.92. The third kappa shape index (κ3) is 4.67. The molecule has 3 aromatic rings. The van der Waals surface area contributed by atoms with Crippen LogP contribution < -0.4 is 4.90 Å². The molecule has 2 heterocycles. The summed E-state index contributed by atoms with van der Waals surface area (Å²) in [5.74, 6) is 1.33. The van der Waals surface area contributed by atoms with E-state index in [9.17, 15) is 4.79 Å². The number of amides is 1. The Morgan fingerprint density at radius 2 is 1.96 bits per heavy atom. The lowest BCUT2D eigenvalue weighted by Gasteiger charge is -2.21. The Labute approximate surface area is 154 Å². The monoisotopic (exact) mass is 396 g/mol. The number of furan rings is 1. The molecule has 0 atom stereocenters. The van der Waals surface area contributed by atoms with Gasteiger partial charge in [0.25, 0.3) is 5.91 Å². The van der Waals surface area contributed by atoms with Crippen molar-refractivity contribution < 1.29 is 9.21 Å². The smallest absolute Gasteiger partial charge is 0.251 e. The molecule has 1 amide bonds. The van der Waals surface area contributed by atoms with Crippen LogP contribution in [0.5, 0.6) is 0 Å². The summed E-state index contributed by atoms with van der Waals surface area (Å²) in [6.45, 7) is 2.26. The van der Waals surface area contributed by atoms with Gasteiger partial charge in [0.2, 0.25) is 0 Å². The first-order valence-corrected chi connectivity index (χ1v) is 8.62. The van der Waals surface area contributed by atoms with Crippen molar-refractivity contribution in [1.82, 2.24) is 4.98 Å². The van der Waals surface area contributed by atoms with Gasteiger partial charge in [0.1, 0.15) is 11.5 Å². The lowest BCUT2D eigenvalue weighted by molar-refractivity contribution is -0.114. The molecule has 0 bridgehead atoms. The minimum atomic E-state index is -0.137. The molecule has 25 heavy (non-hydrogen) atoms. The van der Waals surface area contributed by atoms with Gasteiger partial charge in [-0.15, -0.1) is 0 Å². The topological polar surface area (TPSA) is 46.3 Å². The highest BCUT2D eigenvalue weighted by molar-refractivity contribution is 9.10. The van der Waals surface area contributed by atoms with Crippen molar-refractivity contribution in [2.24, 2.45) is 0 Å². The number of rotatable bonds is 5. The van der Waals surface area contributed by atoms with Gasteiger partial charge in [-0.1, -0.05) is 22.0 Å². The van der Waals surface area contributed by atoms with Crippen LogP contribution in [0.15, 0.2) is 75.8 Å². The fraction of sp³-hybridized carbons (Fsp3) is 0.100. The second-order valence-electron chi connectivity index (χ2n) is 5.50. The Morgan fingerprint density at radius 3 is 2.60 bits per heavy atom. The molecule has 0 fully saturated rings. The molecule has 0 aliphatic carbocycles. The van der Waals surface area contributed by atoms with E-state index in [1.54, 1.807) is 17.2 Å². The van der Waals surface area contributed by atoms with E-state index in [4.69, 9.17) is 4.42 Å². The van der Waals surface area contributed by atoms with Crippen LogP contribution in [0.3, 0.4) is 0 Å². The fourth-order valence-electron chi connectivity index (χ4n) is 2.36. The lowest BCUT2D eigenvalue weighted by Crippen LogP contribution is -2.29. The minimum absolute atomic E-state index is 0.137. The maximum atomic E-state index is 12.8.